The Morgan fingerprint density at radius 3 is 2.10 bits per heavy atom. The largest absolute Gasteiger partial charge is 0.491 e. The zero-order valence-corrected chi connectivity index (χ0v) is 13.9. The first-order valence-electron chi connectivity index (χ1n) is 7.67. The third kappa shape index (κ3) is 3.54. The molecule has 0 fully saturated rings. The minimum atomic E-state index is 0.0490. The van der Waals surface area contributed by atoms with Gasteiger partial charge in [0.1, 0.15) is 12.4 Å². The molecule has 0 saturated carbocycles. The predicted molar refractivity (Wildman–Crippen MR) is 85.7 cm³/mol. The van der Waals surface area contributed by atoms with Crippen LogP contribution in [-0.4, -0.2) is 18.3 Å². The fourth-order valence-electron chi connectivity index (χ4n) is 2.44. The lowest BCUT2D eigenvalue weighted by Gasteiger charge is -2.35. The highest BCUT2D eigenvalue weighted by molar-refractivity contribution is 5.48. The van der Waals surface area contributed by atoms with Gasteiger partial charge in [0.25, 0.3) is 0 Å². The molecule has 1 rings (SSSR count). The summed E-state index contributed by atoms with van der Waals surface area (Å²) < 4.78 is 5.80. The van der Waals surface area contributed by atoms with E-state index in [1.165, 1.54) is 11.1 Å². The molecule has 0 aliphatic carbocycles. The molecular weight excluding hydrogens is 248 g/mol. The zero-order chi connectivity index (χ0) is 15.4. The number of aliphatic hydroxyl groups is 1. The molecule has 1 aromatic carbocycles. The second-order valence-electron chi connectivity index (χ2n) is 6.73. The Morgan fingerprint density at radius 2 is 1.60 bits per heavy atom. The molecule has 114 valence electrons. The Labute approximate surface area is 124 Å². The average molecular weight is 278 g/mol. The number of ether oxygens (including phenoxy) is 1. The SMILES string of the molecule is CCC(C)(C)c1cccc(OCCO)c1C(C)(C)CC. The molecular formula is C18H30O2. The van der Waals surface area contributed by atoms with Gasteiger partial charge in [-0.2, -0.15) is 0 Å². The maximum atomic E-state index is 9.03. The van der Waals surface area contributed by atoms with Crippen LogP contribution < -0.4 is 4.74 Å². The average Bonchev–Trinajstić information content (AvgIpc) is 2.44. The topological polar surface area (TPSA) is 29.5 Å². The quantitative estimate of drug-likeness (QED) is 0.799. The molecule has 2 heteroatoms. The van der Waals surface area contributed by atoms with Gasteiger partial charge in [-0.15, -0.1) is 0 Å². The number of aliphatic hydroxyl groups excluding tert-OH is 1. The first-order valence-corrected chi connectivity index (χ1v) is 7.67. The van der Waals surface area contributed by atoms with E-state index in [0.717, 1.165) is 18.6 Å². The molecule has 2 nitrogen and oxygen atoms in total. The summed E-state index contributed by atoms with van der Waals surface area (Å²) in [6.45, 7) is 13.9. The Balaban J connectivity index is 3.44. The van der Waals surface area contributed by atoms with Crippen molar-refractivity contribution in [2.45, 2.75) is 65.2 Å². The van der Waals surface area contributed by atoms with Crippen molar-refractivity contribution in [2.24, 2.45) is 0 Å². The van der Waals surface area contributed by atoms with E-state index in [1.807, 2.05) is 6.07 Å². The third-order valence-corrected chi connectivity index (χ3v) is 4.55. The van der Waals surface area contributed by atoms with E-state index in [9.17, 15) is 0 Å². The summed E-state index contributed by atoms with van der Waals surface area (Å²) in [5, 5.41) is 9.03. The van der Waals surface area contributed by atoms with E-state index in [0.29, 0.717) is 6.61 Å². The van der Waals surface area contributed by atoms with Gasteiger partial charge < -0.3 is 9.84 Å². The lowest BCUT2D eigenvalue weighted by molar-refractivity contribution is 0.198. The fraction of sp³-hybridized carbons (Fsp3) is 0.667. The maximum absolute atomic E-state index is 9.03. The summed E-state index contributed by atoms with van der Waals surface area (Å²) >= 11 is 0. The lowest BCUT2D eigenvalue weighted by Crippen LogP contribution is -2.26. The Hall–Kier alpha value is -1.02. The van der Waals surface area contributed by atoms with Crippen LogP contribution >= 0.6 is 0 Å². The van der Waals surface area contributed by atoms with Gasteiger partial charge >= 0.3 is 0 Å². The van der Waals surface area contributed by atoms with Gasteiger partial charge in [0.15, 0.2) is 0 Å². The number of hydrogen-bond acceptors (Lipinski definition) is 2. The molecule has 0 spiro atoms. The molecule has 0 unspecified atom stereocenters. The van der Waals surface area contributed by atoms with Crippen molar-refractivity contribution in [3.8, 4) is 5.75 Å². The van der Waals surface area contributed by atoms with Gasteiger partial charge in [0.2, 0.25) is 0 Å². The summed E-state index contributed by atoms with van der Waals surface area (Å²) in [5.74, 6) is 0.921. The van der Waals surface area contributed by atoms with Crippen molar-refractivity contribution < 1.29 is 9.84 Å². The van der Waals surface area contributed by atoms with Gasteiger partial charge in [0.05, 0.1) is 6.61 Å². The Morgan fingerprint density at radius 1 is 1.00 bits per heavy atom. The number of benzene rings is 1. The van der Waals surface area contributed by atoms with Crippen LogP contribution in [0, 0.1) is 0 Å². The van der Waals surface area contributed by atoms with Crippen LogP contribution in [0.5, 0.6) is 5.75 Å². The van der Waals surface area contributed by atoms with Gasteiger partial charge in [-0.05, 0) is 35.3 Å². The van der Waals surface area contributed by atoms with Gasteiger partial charge in [-0.25, -0.2) is 0 Å². The van der Waals surface area contributed by atoms with E-state index in [1.54, 1.807) is 0 Å². The van der Waals surface area contributed by atoms with Crippen LogP contribution in [0.25, 0.3) is 0 Å². The molecule has 0 radical (unpaired) electrons. The number of hydrogen-bond donors (Lipinski definition) is 1. The van der Waals surface area contributed by atoms with Crippen LogP contribution in [0.15, 0.2) is 18.2 Å². The Bertz CT molecular complexity index is 433. The monoisotopic (exact) mass is 278 g/mol. The molecule has 1 aromatic rings. The van der Waals surface area contributed by atoms with E-state index in [-0.39, 0.29) is 17.4 Å². The van der Waals surface area contributed by atoms with Crippen molar-refractivity contribution in [1.29, 1.82) is 0 Å². The third-order valence-electron chi connectivity index (χ3n) is 4.55. The summed E-state index contributed by atoms with van der Waals surface area (Å²) in [4.78, 5) is 0. The van der Waals surface area contributed by atoms with Crippen LogP contribution in [-0.2, 0) is 10.8 Å². The predicted octanol–water partition coefficient (Wildman–Crippen LogP) is 4.43. The van der Waals surface area contributed by atoms with E-state index in [4.69, 9.17) is 9.84 Å². The first kappa shape index (κ1) is 17.0. The van der Waals surface area contributed by atoms with Gasteiger partial charge in [-0.1, -0.05) is 53.7 Å². The molecule has 0 aliphatic heterocycles. The fourth-order valence-corrected chi connectivity index (χ4v) is 2.44. The summed E-state index contributed by atoms with van der Waals surface area (Å²) in [5.41, 5.74) is 2.85. The smallest absolute Gasteiger partial charge is 0.123 e. The second-order valence-corrected chi connectivity index (χ2v) is 6.73. The summed E-state index contributed by atoms with van der Waals surface area (Å²) in [6, 6.07) is 6.31. The molecule has 0 aliphatic rings. The van der Waals surface area contributed by atoms with Crippen LogP contribution in [0.2, 0.25) is 0 Å². The minimum Gasteiger partial charge on any atom is -0.491 e. The maximum Gasteiger partial charge on any atom is 0.123 e. The summed E-state index contributed by atoms with van der Waals surface area (Å²) in [7, 11) is 0. The highest BCUT2D eigenvalue weighted by atomic mass is 16.5. The highest BCUT2D eigenvalue weighted by Crippen LogP contribution is 2.42. The summed E-state index contributed by atoms with van der Waals surface area (Å²) in [6.07, 6.45) is 2.14. The van der Waals surface area contributed by atoms with Crippen LogP contribution in [0.4, 0.5) is 0 Å². The normalized spacial score (nSPS) is 12.6. The minimum absolute atomic E-state index is 0.0490. The standard InChI is InChI=1S/C18H30O2/c1-7-17(3,4)14-10-9-11-15(20-13-12-19)16(14)18(5,6)8-2/h9-11,19H,7-8,12-13H2,1-6H3. The molecule has 0 saturated heterocycles. The van der Waals surface area contributed by atoms with Crippen molar-refractivity contribution in [3.63, 3.8) is 0 Å². The highest BCUT2D eigenvalue weighted by Gasteiger charge is 2.31. The molecule has 0 atom stereocenters. The van der Waals surface area contributed by atoms with Crippen molar-refractivity contribution in [1.82, 2.24) is 0 Å². The Kier molecular flexibility index (Phi) is 5.64. The molecule has 20 heavy (non-hydrogen) atoms. The van der Waals surface area contributed by atoms with E-state index >= 15 is 0 Å². The molecule has 0 bridgehead atoms. The molecule has 1 N–H and O–H groups in total. The van der Waals surface area contributed by atoms with Crippen LogP contribution in [0.3, 0.4) is 0 Å². The van der Waals surface area contributed by atoms with E-state index < -0.39 is 0 Å². The van der Waals surface area contributed by atoms with Crippen molar-refractivity contribution in [3.05, 3.63) is 29.3 Å². The molecule has 0 heterocycles. The number of rotatable bonds is 7. The van der Waals surface area contributed by atoms with Gasteiger partial charge in [0, 0.05) is 5.56 Å². The van der Waals surface area contributed by atoms with E-state index in [2.05, 4.69) is 53.7 Å². The lowest BCUT2D eigenvalue weighted by atomic mass is 9.71. The molecule has 0 amide bonds. The van der Waals surface area contributed by atoms with Crippen molar-refractivity contribution in [2.75, 3.05) is 13.2 Å². The molecule has 0 aromatic heterocycles. The first-order chi connectivity index (χ1) is 9.30. The van der Waals surface area contributed by atoms with Crippen molar-refractivity contribution >= 4 is 0 Å². The zero-order valence-electron chi connectivity index (χ0n) is 13.9. The van der Waals surface area contributed by atoms with Crippen LogP contribution in [0.1, 0.15) is 65.5 Å². The van der Waals surface area contributed by atoms with Gasteiger partial charge in [-0.3, -0.25) is 0 Å². The second kappa shape index (κ2) is 6.62.